The third kappa shape index (κ3) is 2.73. The van der Waals surface area contributed by atoms with Gasteiger partial charge in [-0.3, -0.25) is 23.9 Å². The predicted octanol–water partition coefficient (Wildman–Crippen LogP) is 1.63. The predicted molar refractivity (Wildman–Crippen MR) is 126 cm³/mol. The van der Waals surface area contributed by atoms with Gasteiger partial charge in [-0.2, -0.15) is 0 Å². The molecule has 35 heavy (non-hydrogen) atoms. The minimum Gasteiger partial charge on any atom is -0.285 e. The topological polar surface area (TPSA) is 119 Å². The molecule has 1 aliphatic carbocycles. The standard InChI is InChI=1S/C25H21N5O5/c1-13(31)28-17-11-7-6-10-15(17)19-18(12-16-20(21(19)28)23(33)27(2)22(16)32)30-25(35)29(24(34)26-30)14-8-4-3-5-9-14/h3-11,16,18,20H,12H2,1-2H3,(H,26,34)/t16-,18-,20-/m0/s1. The SMILES string of the molecule is CC(=O)n1c2c(c3ccccc31)[C@@H](n1[nH]c(=O)n(-c3ccccc3)c1=O)C[C@@H]1C(=O)N(C)C(=O)[C@H]21. The van der Waals surface area contributed by atoms with Gasteiger partial charge >= 0.3 is 11.4 Å². The highest BCUT2D eigenvalue weighted by atomic mass is 16.2. The number of aromatic amines is 1. The van der Waals surface area contributed by atoms with Gasteiger partial charge < -0.3 is 0 Å². The molecule has 3 heterocycles. The highest BCUT2D eigenvalue weighted by Gasteiger charge is 2.54. The summed E-state index contributed by atoms with van der Waals surface area (Å²) < 4.78 is 3.72. The number of aromatic nitrogens is 4. The molecule has 3 atom stereocenters. The summed E-state index contributed by atoms with van der Waals surface area (Å²) in [5, 5.41) is 3.34. The van der Waals surface area contributed by atoms with E-state index in [1.807, 2.05) is 12.1 Å². The Labute approximate surface area is 198 Å². The second-order valence-electron chi connectivity index (χ2n) is 8.98. The second-order valence-corrected chi connectivity index (χ2v) is 8.98. The molecule has 2 aliphatic rings. The molecule has 1 aliphatic heterocycles. The normalized spacial score (nSPS) is 21.4. The first kappa shape index (κ1) is 21.1. The highest BCUT2D eigenvalue weighted by molar-refractivity contribution is 6.09. The molecular formula is C25H21N5O5. The summed E-state index contributed by atoms with van der Waals surface area (Å²) in [6.07, 6.45) is 0.132. The first-order valence-corrected chi connectivity index (χ1v) is 11.3. The Morgan fingerprint density at radius 3 is 2.34 bits per heavy atom. The minimum absolute atomic E-state index is 0.132. The highest BCUT2D eigenvalue weighted by Crippen LogP contribution is 2.50. The maximum atomic E-state index is 13.5. The van der Waals surface area contributed by atoms with Crippen LogP contribution in [-0.2, 0) is 9.59 Å². The minimum atomic E-state index is -0.839. The summed E-state index contributed by atoms with van der Waals surface area (Å²) >= 11 is 0. The molecule has 4 aromatic rings. The van der Waals surface area contributed by atoms with E-state index in [0.717, 1.165) is 9.47 Å². The zero-order valence-electron chi connectivity index (χ0n) is 19.0. The molecule has 1 N–H and O–H groups in total. The number of imide groups is 1. The van der Waals surface area contributed by atoms with E-state index < -0.39 is 29.3 Å². The number of nitrogens with zero attached hydrogens (tertiary/aromatic N) is 4. The lowest BCUT2D eigenvalue weighted by Crippen LogP contribution is -2.36. The van der Waals surface area contributed by atoms with Gasteiger partial charge in [-0.15, -0.1) is 0 Å². The van der Waals surface area contributed by atoms with E-state index in [9.17, 15) is 24.0 Å². The Morgan fingerprint density at radius 1 is 0.943 bits per heavy atom. The number of amides is 2. The van der Waals surface area contributed by atoms with Crippen LogP contribution in [0.25, 0.3) is 16.6 Å². The fourth-order valence-electron chi connectivity index (χ4n) is 5.71. The van der Waals surface area contributed by atoms with Crippen molar-refractivity contribution in [3.63, 3.8) is 0 Å². The number of carbonyl (C=O) groups is 3. The van der Waals surface area contributed by atoms with Crippen LogP contribution >= 0.6 is 0 Å². The van der Waals surface area contributed by atoms with Crippen molar-refractivity contribution in [2.75, 3.05) is 7.05 Å². The van der Waals surface area contributed by atoms with Crippen molar-refractivity contribution in [1.29, 1.82) is 0 Å². The zero-order chi connectivity index (χ0) is 24.6. The molecular weight excluding hydrogens is 450 g/mol. The van der Waals surface area contributed by atoms with Gasteiger partial charge in [0.2, 0.25) is 17.7 Å². The Balaban J connectivity index is 1.68. The van der Waals surface area contributed by atoms with Gasteiger partial charge in [0.1, 0.15) is 0 Å². The molecule has 0 saturated carbocycles. The number of para-hydroxylation sites is 2. The zero-order valence-corrected chi connectivity index (χ0v) is 19.0. The summed E-state index contributed by atoms with van der Waals surface area (Å²) in [6, 6.07) is 15.0. The number of likely N-dealkylation sites (N-methyl/N-ethyl adjacent to an activating group) is 1. The fourth-order valence-corrected chi connectivity index (χ4v) is 5.71. The van der Waals surface area contributed by atoms with Crippen LogP contribution in [0.4, 0.5) is 0 Å². The summed E-state index contributed by atoms with van der Waals surface area (Å²) in [5.41, 5.74) is 0.777. The van der Waals surface area contributed by atoms with Gasteiger partial charge in [0.15, 0.2) is 0 Å². The van der Waals surface area contributed by atoms with Crippen LogP contribution in [0.2, 0.25) is 0 Å². The number of nitrogens with one attached hydrogen (secondary N) is 1. The van der Waals surface area contributed by atoms with Crippen LogP contribution in [0.3, 0.4) is 0 Å². The van der Waals surface area contributed by atoms with Gasteiger partial charge in [-0.1, -0.05) is 36.4 Å². The Kier molecular flexibility index (Phi) is 4.38. The number of benzene rings is 2. The molecule has 0 bridgehead atoms. The number of rotatable bonds is 2. The second kappa shape index (κ2) is 7.26. The summed E-state index contributed by atoms with van der Waals surface area (Å²) in [6.45, 7) is 1.40. The molecule has 1 fully saturated rings. The maximum Gasteiger partial charge on any atom is 0.352 e. The lowest BCUT2D eigenvalue weighted by atomic mass is 9.76. The van der Waals surface area contributed by atoms with Gasteiger partial charge in [-0.25, -0.2) is 23.9 Å². The smallest absolute Gasteiger partial charge is 0.285 e. The number of hydrogen-bond acceptors (Lipinski definition) is 5. The van der Waals surface area contributed by atoms with E-state index in [1.54, 1.807) is 42.5 Å². The van der Waals surface area contributed by atoms with Gasteiger partial charge in [0.25, 0.3) is 0 Å². The number of fused-ring (bicyclic) bond motifs is 5. The molecule has 10 heteroatoms. The van der Waals surface area contributed by atoms with Crippen molar-refractivity contribution in [2.45, 2.75) is 25.3 Å². The molecule has 1 saturated heterocycles. The summed E-state index contributed by atoms with van der Waals surface area (Å²) in [5.74, 6) is -2.66. The Hall–Kier alpha value is -4.47. The molecule has 176 valence electrons. The average molecular weight is 471 g/mol. The number of hydrogen-bond donors (Lipinski definition) is 1. The monoisotopic (exact) mass is 471 g/mol. The molecule has 10 nitrogen and oxygen atoms in total. The maximum absolute atomic E-state index is 13.5. The van der Waals surface area contributed by atoms with E-state index in [0.29, 0.717) is 27.8 Å². The molecule has 2 aromatic carbocycles. The van der Waals surface area contributed by atoms with Crippen molar-refractivity contribution in [3.05, 3.63) is 86.8 Å². The number of H-pyrrole nitrogens is 1. The molecule has 0 spiro atoms. The van der Waals surface area contributed by atoms with Crippen molar-refractivity contribution >= 4 is 28.6 Å². The summed E-state index contributed by atoms with van der Waals surface area (Å²) in [4.78, 5) is 66.6. The van der Waals surface area contributed by atoms with Crippen LogP contribution in [0, 0.1) is 5.92 Å². The Morgan fingerprint density at radius 2 is 1.63 bits per heavy atom. The molecule has 6 rings (SSSR count). The molecule has 2 amide bonds. The average Bonchev–Trinajstić information content (AvgIpc) is 3.43. The Bertz CT molecular complexity index is 1670. The van der Waals surface area contributed by atoms with E-state index in [-0.39, 0.29) is 24.1 Å². The van der Waals surface area contributed by atoms with Crippen molar-refractivity contribution < 1.29 is 14.4 Å². The van der Waals surface area contributed by atoms with Crippen LogP contribution in [0.5, 0.6) is 0 Å². The third-order valence-corrected chi connectivity index (χ3v) is 7.16. The number of likely N-dealkylation sites (tertiary alicyclic amines) is 1. The van der Waals surface area contributed by atoms with Gasteiger partial charge in [0.05, 0.1) is 29.1 Å². The van der Waals surface area contributed by atoms with Crippen molar-refractivity contribution in [1.82, 2.24) is 23.8 Å². The quantitative estimate of drug-likeness (QED) is 0.446. The molecule has 0 radical (unpaired) electrons. The van der Waals surface area contributed by atoms with E-state index in [4.69, 9.17) is 0 Å². The van der Waals surface area contributed by atoms with Crippen LogP contribution in [0.15, 0.2) is 64.2 Å². The fraction of sp³-hybridized carbons (Fsp3) is 0.240. The van der Waals surface area contributed by atoms with E-state index in [1.165, 1.54) is 23.2 Å². The van der Waals surface area contributed by atoms with Crippen LogP contribution in [0.1, 0.15) is 41.4 Å². The lowest BCUT2D eigenvalue weighted by Gasteiger charge is -2.30. The van der Waals surface area contributed by atoms with Crippen LogP contribution < -0.4 is 11.4 Å². The molecule has 2 aromatic heterocycles. The van der Waals surface area contributed by atoms with Crippen molar-refractivity contribution in [2.24, 2.45) is 5.92 Å². The van der Waals surface area contributed by atoms with Crippen LogP contribution in [-0.4, -0.2) is 48.6 Å². The summed E-state index contributed by atoms with van der Waals surface area (Å²) in [7, 11) is 1.43. The van der Waals surface area contributed by atoms with E-state index in [2.05, 4.69) is 5.10 Å². The third-order valence-electron chi connectivity index (χ3n) is 7.16. The van der Waals surface area contributed by atoms with E-state index >= 15 is 0 Å². The van der Waals surface area contributed by atoms with Gasteiger partial charge in [-0.05, 0) is 24.6 Å². The largest absolute Gasteiger partial charge is 0.352 e. The molecule has 0 unspecified atom stereocenters. The first-order chi connectivity index (χ1) is 16.8. The van der Waals surface area contributed by atoms with Gasteiger partial charge in [0, 0.05) is 30.6 Å². The number of carbonyl (C=O) groups excluding carboxylic acids is 3. The first-order valence-electron chi connectivity index (χ1n) is 11.3. The lowest BCUT2D eigenvalue weighted by molar-refractivity contribution is -0.137. The van der Waals surface area contributed by atoms with Crippen molar-refractivity contribution in [3.8, 4) is 5.69 Å².